The topological polar surface area (TPSA) is 30.3 Å². The van der Waals surface area contributed by atoms with Crippen LogP contribution in [-0.4, -0.2) is 23.2 Å². The molecule has 2 aromatic heterocycles. The molecule has 0 fully saturated rings. The molecule has 5 heteroatoms. The number of aryl methyl sites for hydroxylation is 2. The fraction of sp³-hybridized carbons (Fsp3) is 0.320. The monoisotopic (exact) mass is 415 g/mol. The van der Waals surface area contributed by atoms with Crippen LogP contribution in [0.5, 0.6) is 5.75 Å². The average Bonchev–Trinajstić information content (AvgIpc) is 3.39. The zero-order valence-electron chi connectivity index (χ0n) is 17.4. The highest BCUT2D eigenvalue weighted by Gasteiger charge is 2.36. The van der Waals surface area contributed by atoms with E-state index in [1.54, 1.807) is 24.0 Å². The highest BCUT2D eigenvalue weighted by Crippen LogP contribution is 2.45. The van der Waals surface area contributed by atoms with Crippen molar-refractivity contribution in [1.82, 2.24) is 9.55 Å². The van der Waals surface area contributed by atoms with Gasteiger partial charge >= 0.3 is 0 Å². The second kappa shape index (κ2) is 6.88. The van der Waals surface area contributed by atoms with Gasteiger partial charge in [-0.25, -0.2) is 4.98 Å². The Bertz CT molecular complexity index is 1240. The Morgan fingerprint density at radius 1 is 1.10 bits per heavy atom. The summed E-state index contributed by atoms with van der Waals surface area (Å²) in [5.74, 6) is 0.878. The number of rotatable bonds is 3. The lowest BCUT2D eigenvalue weighted by atomic mass is 9.90. The van der Waals surface area contributed by atoms with Crippen LogP contribution in [0.1, 0.15) is 35.7 Å². The molecule has 4 aromatic rings. The van der Waals surface area contributed by atoms with Gasteiger partial charge in [-0.15, -0.1) is 11.3 Å². The third-order valence-corrected chi connectivity index (χ3v) is 7.53. The quantitative estimate of drug-likeness (QED) is 0.412. The number of nitrogens with zero attached hydrogens (tertiary/aromatic N) is 3. The third-order valence-electron chi connectivity index (χ3n) is 6.65. The van der Waals surface area contributed by atoms with E-state index < -0.39 is 0 Å². The minimum atomic E-state index is 0.435. The Morgan fingerprint density at radius 3 is 2.80 bits per heavy atom. The number of hydrogen-bond donors (Lipinski definition) is 0. The van der Waals surface area contributed by atoms with Crippen molar-refractivity contribution in [3.8, 4) is 17.0 Å². The van der Waals surface area contributed by atoms with E-state index in [-0.39, 0.29) is 0 Å². The van der Waals surface area contributed by atoms with E-state index in [0.717, 1.165) is 35.2 Å². The van der Waals surface area contributed by atoms with E-state index in [0.29, 0.717) is 6.04 Å². The second-order valence-corrected chi connectivity index (χ2v) is 9.22. The number of methoxy groups -OCH3 is 1. The summed E-state index contributed by atoms with van der Waals surface area (Å²) >= 11 is 1.77. The van der Waals surface area contributed by atoms with Gasteiger partial charge in [0.15, 0.2) is 5.13 Å². The molecule has 0 saturated heterocycles. The summed E-state index contributed by atoms with van der Waals surface area (Å²) in [6.45, 7) is 4.25. The first kappa shape index (κ1) is 18.0. The molecule has 1 atom stereocenters. The molecule has 30 heavy (non-hydrogen) atoms. The summed E-state index contributed by atoms with van der Waals surface area (Å²) in [6.07, 6.45) is 3.65. The van der Waals surface area contributed by atoms with E-state index in [2.05, 4.69) is 52.1 Å². The molecule has 0 saturated carbocycles. The van der Waals surface area contributed by atoms with E-state index in [1.807, 2.05) is 12.1 Å². The fourth-order valence-electron chi connectivity index (χ4n) is 5.24. The van der Waals surface area contributed by atoms with Crippen molar-refractivity contribution in [2.24, 2.45) is 0 Å². The van der Waals surface area contributed by atoms with Gasteiger partial charge in [0.2, 0.25) is 0 Å². The van der Waals surface area contributed by atoms with Crippen LogP contribution < -0.4 is 9.64 Å². The van der Waals surface area contributed by atoms with Crippen molar-refractivity contribution >= 4 is 27.4 Å². The molecule has 152 valence electrons. The normalized spacial score (nSPS) is 17.9. The van der Waals surface area contributed by atoms with Crippen molar-refractivity contribution in [1.29, 1.82) is 0 Å². The fourth-order valence-corrected chi connectivity index (χ4v) is 6.15. The highest BCUT2D eigenvalue weighted by molar-refractivity contribution is 7.14. The Balaban J connectivity index is 1.39. The number of thiazole rings is 1. The molecule has 6 rings (SSSR count). The minimum absolute atomic E-state index is 0.435. The third kappa shape index (κ3) is 2.68. The Hall–Kier alpha value is -2.79. The van der Waals surface area contributed by atoms with Gasteiger partial charge < -0.3 is 14.2 Å². The zero-order chi connectivity index (χ0) is 20.2. The molecule has 1 aliphatic carbocycles. The van der Waals surface area contributed by atoms with Crippen molar-refractivity contribution in [2.45, 2.75) is 38.8 Å². The summed E-state index contributed by atoms with van der Waals surface area (Å²) < 4.78 is 7.87. The van der Waals surface area contributed by atoms with Crippen molar-refractivity contribution in [3.05, 3.63) is 64.7 Å². The summed E-state index contributed by atoms with van der Waals surface area (Å²) in [5, 5.41) is 4.80. The summed E-state index contributed by atoms with van der Waals surface area (Å²) in [4.78, 5) is 7.60. The summed E-state index contributed by atoms with van der Waals surface area (Å²) in [6, 6.07) is 15.6. The van der Waals surface area contributed by atoms with E-state index in [1.165, 1.54) is 41.4 Å². The molecule has 0 N–H and O–H groups in total. The highest BCUT2D eigenvalue weighted by atomic mass is 32.1. The predicted octanol–water partition coefficient (Wildman–Crippen LogP) is 5.98. The van der Waals surface area contributed by atoms with Crippen LogP contribution in [-0.2, 0) is 13.0 Å². The van der Waals surface area contributed by atoms with Gasteiger partial charge in [-0.05, 0) is 68.1 Å². The van der Waals surface area contributed by atoms with Crippen LogP contribution in [0.25, 0.3) is 22.2 Å². The van der Waals surface area contributed by atoms with Crippen molar-refractivity contribution < 1.29 is 4.74 Å². The van der Waals surface area contributed by atoms with Crippen LogP contribution >= 0.6 is 11.3 Å². The lowest BCUT2D eigenvalue weighted by Gasteiger charge is -2.39. The van der Waals surface area contributed by atoms with Gasteiger partial charge in [0.25, 0.3) is 0 Å². The molecular formula is C25H25N3OS. The largest absolute Gasteiger partial charge is 0.497 e. The van der Waals surface area contributed by atoms with E-state index in [4.69, 9.17) is 9.72 Å². The molecule has 0 bridgehead atoms. The predicted molar refractivity (Wildman–Crippen MR) is 124 cm³/mol. The van der Waals surface area contributed by atoms with E-state index >= 15 is 0 Å². The van der Waals surface area contributed by atoms with E-state index in [9.17, 15) is 0 Å². The lowest BCUT2D eigenvalue weighted by Crippen LogP contribution is -2.39. The number of aromatic nitrogens is 2. The zero-order valence-corrected chi connectivity index (χ0v) is 18.2. The van der Waals surface area contributed by atoms with Crippen molar-refractivity contribution in [3.63, 3.8) is 0 Å². The smallest absolute Gasteiger partial charge is 0.186 e. The number of anilines is 1. The maximum atomic E-state index is 5.29. The lowest BCUT2D eigenvalue weighted by molar-refractivity contribution is 0.415. The van der Waals surface area contributed by atoms with Gasteiger partial charge in [-0.1, -0.05) is 11.6 Å². The Labute approximate surface area is 180 Å². The Morgan fingerprint density at radius 2 is 1.97 bits per heavy atom. The standard InChI is InChI=1S/C25H25N3OS/c1-16-6-11-22-20(14-16)19-4-3-5-23-24(19)27(22)12-13-28(23)25-26-21(15-30-25)17-7-9-18(29-2)10-8-17/h6-11,14-15,23H,3-5,12-13H2,1-2H3/t23-/m0/s1. The van der Waals surface area contributed by atoms with Crippen LogP contribution in [0.3, 0.4) is 0 Å². The van der Waals surface area contributed by atoms with Gasteiger partial charge in [0.05, 0.1) is 18.8 Å². The van der Waals surface area contributed by atoms with Crippen molar-refractivity contribution in [2.75, 3.05) is 18.6 Å². The average molecular weight is 416 g/mol. The number of benzene rings is 2. The van der Waals surface area contributed by atoms with Crippen LogP contribution in [0, 0.1) is 6.92 Å². The van der Waals surface area contributed by atoms with Gasteiger partial charge in [0, 0.05) is 40.6 Å². The molecule has 1 aliphatic heterocycles. The molecule has 2 aliphatic rings. The summed E-state index contributed by atoms with van der Waals surface area (Å²) in [7, 11) is 1.70. The number of hydrogen-bond acceptors (Lipinski definition) is 4. The van der Waals surface area contributed by atoms with Crippen LogP contribution in [0.2, 0.25) is 0 Å². The maximum Gasteiger partial charge on any atom is 0.186 e. The molecule has 4 nitrogen and oxygen atoms in total. The first-order valence-electron chi connectivity index (χ1n) is 10.7. The van der Waals surface area contributed by atoms with Gasteiger partial charge in [-0.2, -0.15) is 0 Å². The molecule has 0 amide bonds. The molecule has 0 radical (unpaired) electrons. The molecular weight excluding hydrogens is 390 g/mol. The number of fused-ring (bicyclic) bond motifs is 3. The molecule has 0 spiro atoms. The molecule has 3 heterocycles. The van der Waals surface area contributed by atoms with Gasteiger partial charge in [-0.3, -0.25) is 0 Å². The van der Waals surface area contributed by atoms with Gasteiger partial charge in [0.1, 0.15) is 5.75 Å². The SMILES string of the molecule is COc1ccc(-c2csc(N3CCn4c5c(c6cc(C)ccc64)CCC[C@@H]53)n2)cc1. The Kier molecular flexibility index (Phi) is 4.13. The van der Waals surface area contributed by atoms with Crippen LogP contribution in [0.15, 0.2) is 47.8 Å². The second-order valence-electron chi connectivity index (χ2n) is 8.38. The molecule has 2 aromatic carbocycles. The first-order chi connectivity index (χ1) is 14.7. The van der Waals surface area contributed by atoms with Crippen LogP contribution in [0.4, 0.5) is 5.13 Å². The maximum absolute atomic E-state index is 5.29. The minimum Gasteiger partial charge on any atom is -0.497 e. The number of ether oxygens (including phenoxy) is 1. The first-order valence-corrected chi connectivity index (χ1v) is 11.6. The summed E-state index contributed by atoms with van der Waals surface area (Å²) in [5.41, 5.74) is 8.07. The molecule has 0 unspecified atom stereocenters.